The second-order valence-electron chi connectivity index (χ2n) is 3.45. The molecule has 90 valence electrons. The fraction of sp³-hybridized carbons (Fsp3) is 0.167. The zero-order valence-electron chi connectivity index (χ0n) is 8.98. The average molecular weight is 318 g/mol. The monoisotopic (exact) mass is 316 g/mol. The van der Waals surface area contributed by atoms with Crippen LogP contribution in [-0.4, -0.2) is 12.2 Å². The maximum Gasteiger partial charge on any atom is 0.175 e. The van der Waals surface area contributed by atoms with Crippen LogP contribution in [0.1, 0.15) is 17.2 Å². The Kier molecular flexibility index (Phi) is 3.76. The smallest absolute Gasteiger partial charge is 0.175 e. The number of ether oxygens (including phenoxy) is 1. The van der Waals surface area contributed by atoms with Gasteiger partial charge in [0.2, 0.25) is 0 Å². The SMILES string of the molecule is COc1cc(C(O)c2ccoc2Br)ccc1Cl. The standard InChI is InChI=1S/C12H10BrClO3/c1-16-10-6-7(2-3-9(10)14)11(15)8-4-5-17-12(8)13/h2-6,11,15H,1H3. The van der Waals surface area contributed by atoms with Crippen LogP contribution in [0.3, 0.4) is 0 Å². The summed E-state index contributed by atoms with van der Waals surface area (Å²) in [6.45, 7) is 0. The topological polar surface area (TPSA) is 42.6 Å². The van der Waals surface area contributed by atoms with Gasteiger partial charge in [-0.05, 0) is 39.7 Å². The number of aliphatic hydroxyl groups is 1. The molecule has 1 aromatic heterocycles. The van der Waals surface area contributed by atoms with E-state index < -0.39 is 6.10 Å². The first-order chi connectivity index (χ1) is 8.13. The zero-order valence-corrected chi connectivity index (χ0v) is 11.3. The van der Waals surface area contributed by atoms with Crippen molar-refractivity contribution < 1.29 is 14.3 Å². The maximum atomic E-state index is 10.2. The van der Waals surface area contributed by atoms with Crippen LogP contribution in [0.25, 0.3) is 0 Å². The molecule has 0 aliphatic heterocycles. The van der Waals surface area contributed by atoms with E-state index in [1.165, 1.54) is 13.4 Å². The summed E-state index contributed by atoms with van der Waals surface area (Å²) < 4.78 is 10.7. The Bertz CT molecular complexity index is 524. The van der Waals surface area contributed by atoms with Gasteiger partial charge >= 0.3 is 0 Å². The molecule has 1 unspecified atom stereocenters. The highest BCUT2D eigenvalue weighted by atomic mass is 79.9. The van der Waals surface area contributed by atoms with E-state index in [1.807, 2.05) is 0 Å². The van der Waals surface area contributed by atoms with Gasteiger partial charge in [0.05, 0.1) is 18.4 Å². The van der Waals surface area contributed by atoms with Crippen LogP contribution in [0.5, 0.6) is 5.75 Å². The molecule has 0 aliphatic carbocycles. The van der Waals surface area contributed by atoms with Gasteiger partial charge in [-0.1, -0.05) is 17.7 Å². The third-order valence-electron chi connectivity index (χ3n) is 2.43. The third-order valence-corrected chi connectivity index (χ3v) is 3.39. The minimum atomic E-state index is -0.783. The number of halogens is 2. The molecule has 1 atom stereocenters. The summed E-state index contributed by atoms with van der Waals surface area (Å²) in [4.78, 5) is 0. The summed E-state index contributed by atoms with van der Waals surface area (Å²) in [5, 5.41) is 10.7. The van der Waals surface area contributed by atoms with Crippen LogP contribution < -0.4 is 4.74 Å². The van der Waals surface area contributed by atoms with Crippen molar-refractivity contribution in [2.75, 3.05) is 7.11 Å². The Morgan fingerprint density at radius 1 is 1.41 bits per heavy atom. The fourth-order valence-electron chi connectivity index (χ4n) is 1.53. The Morgan fingerprint density at radius 3 is 2.76 bits per heavy atom. The molecule has 0 amide bonds. The minimum absolute atomic E-state index is 0.509. The Balaban J connectivity index is 2.38. The second-order valence-corrected chi connectivity index (χ2v) is 4.57. The lowest BCUT2D eigenvalue weighted by Gasteiger charge is -2.11. The van der Waals surface area contributed by atoms with Crippen molar-refractivity contribution in [3.8, 4) is 5.75 Å². The first kappa shape index (κ1) is 12.5. The second kappa shape index (κ2) is 5.12. The molecule has 1 heterocycles. The van der Waals surface area contributed by atoms with E-state index in [0.717, 1.165) is 0 Å². The highest BCUT2D eigenvalue weighted by Gasteiger charge is 2.17. The Hall–Kier alpha value is -0.970. The lowest BCUT2D eigenvalue weighted by atomic mass is 10.0. The van der Waals surface area contributed by atoms with Crippen LogP contribution >= 0.6 is 27.5 Å². The van der Waals surface area contributed by atoms with E-state index in [9.17, 15) is 5.11 Å². The van der Waals surface area contributed by atoms with Crippen LogP contribution in [-0.2, 0) is 0 Å². The van der Waals surface area contributed by atoms with Crippen molar-refractivity contribution in [3.63, 3.8) is 0 Å². The molecule has 0 radical (unpaired) electrons. The molecule has 2 rings (SSSR count). The van der Waals surface area contributed by atoms with Crippen LogP contribution in [0.2, 0.25) is 5.02 Å². The molecule has 0 saturated carbocycles. The average Bonchev–Trinajstić information content (AvgIpc) is 2.75. The largest absolute Gasteiger partial charge is 0.495 e. The van der Waals surface area contributed by atoms with Gasteiger partial charge in [0.25, 0.3) is 0 Å². The predicted octanol–water partition coefficient (Wildman–Crippen LogP) is 3.79. The van der Waals surface area contributed by atoms with Crippen molar-refractivity contribution in [3.05, 3.63) is 51.3 Å². The van der Waals surface area contributed by atoms with Crippen molar-refractivity contribution in [2.24, 2.45) is 0 Å². The maximum absolute atomic E-state index is 10.2. The molecule has 5 heteroatoms. The van der Waals surface area contributed by atoms with Gasteiger partial charge in [-0.3, -0.25) is 0 Å². The molecule has 2 aromatic rings. The fourth-order valence-corrected chi connectivity index (χ4v) is 2.18. The highest BCUT2D eigenvalue weighted by molar-refractivity contribution is 9.10. The zero-order chi connectivity index (χ0) is 12.4. The molecule has 0 bridgehead atoms. The lowest BCUT2D eigenvalue weighted by Crippen LogP contribution is -1.99. The molecule has 1 N–H and O–H groups in total. The number of aliphatic hydroxyl groups excluding tert-OH is 1. The van der Waals surface area contributed by atoms with E-state index in [0.29, 0.717) is 26.6 Å². The predicted molar refractivity (Wildman–Crippen MR) is 68.5 cm³/mol. The summed E-state index contributed by atoms with van der Waals surface area (Å²) in [5.41, 5.74) is 1.35. The van der Waals surface area contributed by atoms with Gasteiger partial charge in [0, 0.05) is 5.56 Å². The van der Waals surface area contributed by atoms with Crippen LogP contribution in [0, 0.1) is 0 Å². The molecule has 0 aliphatic rings. The number of rotatable bonds is 3. The van der Waals surface area contributed by atoms with E-state index in [-0.39, 0.29) is 0 Å². The number of hydrogen-bond donors (Lipinski definition) is 1. The molecule has 1 aromatic carbocycles. The van der Waals surface area contributed by atoms with Gasteiger partial charge in [0.15, 0.2) is 4.67 Å². The molecular formula is C12H10BrClO3. The number of benzene rings is 1. The Morgan fingerprint density at radius 2 is 2.18 bits per heavy atom. The summed E-state index contributed by atoms with van der Waals surface area (Å²) in [7, 11) is 1.53. The van der Waals surface area contributed by atoms with Crippen molar-refractivity contribution in [2.45, 2.75) is 6.10 Å². The molecule has 3 nitrogen and oxygen atoms in total. The van der Waals surface area contributed by atoms with Crippen molar-refractivity contribution in [1.29, 1.82) is 0 Å². The highest BCUT2D eigenvalue weighted by Crippen LogP contribution is 2.33. The van der Waals surface area contributed by atoms with E-state index in [2.05, 4.69) is 15.9 Å². The van der Waals surface area contributed by atoms with E-state index in [4.69, 9.17) is 20.8 Å². The summed E-state index contributed by atoms with van der Waals surface area (Å²) in [6.07, 6.45) is 0.727. The van der Waals surface area contributed by atoms with Gasteiger partial charge in [-0.25, -0.2) is 0 Å². The first-order valence-corrected chi connectivity index (χ1v) is 6.05. The van der Waals surface area contributed by atoms with Crippen molar-refractivity contribution in [1.82, 2.24) is 0 Å². The van der Waals surface area contributed by atoms with Gasteiger partial charge in [0.1, 0.15) is 11.9 Å². The quantitative estimate of drug-likeness (QED) is 0.936. The molecule has 0 spiro atoms. The van der Waals surface area contributed by atoms with Crippen molar-refractivity contribution >= 4 is 27.5 Å². The van der Waals surface area contributed by atoms with Crippen LogP contribution in [0.15, 0.2) is 39.6 Å². The molecule has 0 fully saturated rings. The van der Waals surface area contributed by atoms with Gasteiger partial charge in [-0.15, -0.1) is 0 Å². The summed E-state index contributed by atoms with van der Waals surface area (Å²) in [6, 6.07) is 6.84. The molecular weight excluding hydrogens is 307 g/mol. The first-order valence-electron chi connectivity index (χ1n) is 4.88. The van der Waals surface area contributed by atoms with Gasteiger partial charge < -0.3 is 14.3 Å². The molecule has 17 heavy (non-hydrogen) atoms. The molecule has 0 saturated heterocycles. The summed E-state index contributed by atoms with van der Waals surface area (Å²) >= 11 is 9.15. The van der Waals surface area contributed by atoms with E-state index in [1.54, 1.807) is 24.3 Å². The Labute approximate surface area is 112 Å². The third kappa shape index (κ3) is 2.49. The normalized spacial score (nSPS) is 12.5. The van der Waals surface area contributed by atoms with E-state index >= 15 is 0 Å². The number of hydrogen-bond acceptors (Lipinski definition) is 3. The summed E-state index contributed by atoms with van der Waals surface area (Å²) in [5.74, 6) is 0.530. The lowest BCUT2D eigenvalue weighted by molar-refractivity contribution is 0.217. The van der Waals surface area contributed by atoms with Gasteiger partial charge in [-0.2, -0.15) is 0 Å². The van der Waals surface area contributed by atoms with Crippen LogP contribution in [0.4, 0.5) is 0 Å². The minimum Gasteiger partial charge on any atom is -0.495 e. The number of furan rings is 1. The number of methoxy groups -OCH3 is 1.